The fourth-order valence-electron chi connectivity index (χ4n) is 11.8. The first-order valence-corrected chi connectivity index (χ1v) is 15.1. The van der Waals surface area contributed by atoms with Crippen LogP contribution in [0.3, 0.4) is 0 Å². The highest BCUT2D eigenvalue weighted by atomic mass is 16.5. The van der Waals surface area contributed by atoms with Crippen LogP contribution in [0.15, 0.2) is 12.2 Å². The predicted molar refractivity (Wildman–Crippen MR) is 144 cm³/mol. The van der Waals surface area contributed by atoms with Gasteiger partial charge in [-0.15, -0.1) is 0 Å². The number of rotatable bonds is 5. The molecule has 5 heteroatoms. The Bertz CT molecular complexity index is 932. The standard InChI is InChI=1S/C32H52O5/c1-20(2)21-9-14-32(27(36)37-18-17-33)16-15-30(5)22(26(21)32)7-8-24-28(3)12-11-25(35)29(4,19-34)23(28)10-13-31(24,30)6/h21-26,33-35H,1,7-19H2,2-6H3/t21-,22?,23?,24?,25-,26?,28-,29-,30+,31+,32-/m0/s1. The van der Waals surface area contributed by atoms with E-state index in [2.05, 4.69) is 41.2 Å². The van der Waals surface area contributed by atoms with Crippen LogP contribution in [0, 0.1) is 56.7 Å². The van der Waals surface area contributed by atoms with Crippen LogP contribution < -0.4 is 0 Å². The summed E-state index contributed by atoms with van der Waals surface area (Å²) in [5, 5.41) is 30.8. The van der Waals surface area contributed by atoms with Crippen molar-refractivity contribution >= 4 is 5.97 Å². The smallest absolute Gasteiger partial charge is 0.312 e. The van der Waals surface area contributed by atoms with Crippen molar-refractivity contribution in [1.82, 2.24) is 0 Å². The third kappa shape index (κ3) is 3.48. The lowest BCUT2D eigenvalue weighted by molar-refractivity contribution is -0.254. The molecule has 0 saturated heterocycles. The van der Waals surface area contributed by atoms with Crippen LogP contribution >= 0.6 is 0 Å². The maximum Gasteiger partial charge on any atom is 0.312 e. The SMILES string of the molecule is C=C(C)[C@@H]1CC[C@]2(C(=O)OCCO)CC[C@]3(C)C(CCC4[C@@]5(C)CC[C@H](O)[C@@](C)(CO)C5CC[C@]43C)C12. The van der Waals surface area contributed by atoms with Gasteiger partial charge < -0.3 is 20.1 Å². The summed E-state index contributed by atoms with van der Waals surface area (Å²) in [6.45, 7) is 16.3. The molecule has 0 radical (unpaired) electrons. The van der Waals surface area contributed by atoms with Crippen molar-refractivity contribution in [2.45, 2.75) is 105 Å². The normalized spacial score (nSPS) is 52.9. The van der Waals surface area contributed by atoms with Gasteiger partial charge in [0.1, 0.15) is 6.61 Å². The molecule has 0 aromatic carbocycles. The summed E-state index contributed by atoms with van der Waals surface area (Å²) in [7, 11) is 0. The van der Waals surface area contributed by atoms with Gasteiger partial charge >= 0.3 is 5.97 Å². The summed E-state index contributed by atoms with van der Waals surface area (Å²) >= 11 is 0. The molecule has 0 spiro atoms. The molecule has 0 heterocycles. The number of carbonyl (C=O) groups is 1. The zero-order chi connectivity index (χ0) is 27.0. The molecule has 5 rings (SSSR count). The van der Waals surface area contributed by atoms with Gasteiger partial charge in [-0.05, 0) is 117 Å². The minimum Gasteiger partial charge on any atom is -0.463 e. The van der Waals surface area contributed by atoms with E-state index in [0.29, 0.717) is 23.7 Å². The summed E-state index contributed by atoms with van der Waals surface area (Å²) in [6.07, 6.45) is 9.63. The van der Waals surface area contributed by atoms with Gasteiger partial charge in [-0.3, -0.25) is 4.79 Å². The van der Waals surface area contributed by atoms with Gasteiger partial charge in [-0.1, -0.05) is 39.8 Å². The van der Waals surface area contributed by atoms with Crippen LogP contribution in [0.4, 0.5) is 0 Å². The highest BCUT2D eigenvalue weighted by Crippen LogP contribution is 2.77. The Morgan fingerprint density at radius 1 is 0.892 bits per heavy atom. The molecule has 3 N–H and O–H groups in total. The van der Waals surface area contributed by atoms with Crippen molar-refractivity contribution in [3.05, 3.63) is 12.2 Å². The second-order valence-corrected chi connectivity index (χ2v) is 14.9. The van der Waals surface area contributed by atoms with Crippen LogP contribution in [0.2, 0.25) is 0 Å². The molecule has 4 unspecified atom stereocenters. The second kappa shape index (κ2) is 9.06. The first-order chi connectivity index (χ1) is 17.4. The average Bonchev–Trinajstić information content (AvgIpc) is 3.27. The topological polar surface area (TPSA) is 87.0 Å². The second-order valence-electron chi connectivity index (χ2n) is 14.9. The molecule has 37 heavy (non-hydrogen) atoms. The molecule has 210 valence electrons. The summed E-state index contributed by atoms with van der Waals surface area (Å²) in [5.74, 6) is 1.86. The van der Waals surface area contributed by atoms with Crippen LogP contribution in [0.1, 0.15) is 98.8 Å². The Labute approximate surface area is 224 Å². The lowest BCUT2D eigenvalue weighted by Gasteiger charge is -2.72. The van der Waals surface area contributed by atoms with Gasteiger partial charge in [-0.2, -0.15) is 0 Å². The van der Waals surface area contributed by atoms with Gasteiger partial charge in [0.2, 0.25) is 0 Å². The van der Waals surface area contributed by atoms with Gasteiger partial charge in [-0.25, -0.2) is 0 Å². The number of carbonyl (C=O) groups excluding carboxylic acids is 1. The van der Waals surface area contributed by atoms with Crippen LogP contribution in [0.5, 0.6) is 0 Å². The quantitative estimate of drug-likeness (QED) is 0.331. The largest absolute Gasteiger partial charge is 0.463 e. The fraction of sp³-hybridized carbons (Fsp3) is 0.906. The van der Waals surface area contributed by atoms with Crippen molar-refractivity contribution < 1.29 is 24.9 Å². The number of allylic oxidation sites excluding steroid dienone is 1. The Hall–Kier alpha value is -0.910. The summed E-state index contributed by atoms with van der Waals surface area (Å²) in [6, 6.07) is 0. The highest BCUT2D eigenvalue weighted by Gasteiger charge is 2.72. The number of hydrogen-bond donors (Lipinski definition) is 3. The highest BCUT2D eigenvalue weighted by molar-refractivity contribution is 5.78. The molecule has 5 saturated carbocycles. The van der Waals surface area contributed by atoms with Gasteiger partial charge in [0, 0.05) is 5.41 Å². The van der Waals surface area contributed by atoms with E-state index < -0.39 is 16.9 Å². The van der Waals surface area contributed by atoms with Gasteiger partial charge in [0.15, 0.2) is 0 Å². The van der Waals surface area contributed by atoms with Crippen molar-refractivity contribution in [1.29, 1.82) is 0 Å². The molecule has 0 amide bonds. The Kier molecular flexibility index (Phi) is 6.77. The molecule has 5 nitrogen and oxygen atoms in total. The van der Waals surface area contributed by atoms with E-state index in [-0.39, 0.29) is 48.0 Å². The van der Waals surface area contributed by atoms with E-state index in [4.69, 9.17) is 4.74 Å². The lowest BCUT2D eigenvalue weighted by Crippen LogP contribution is -2.67. The van der Waals surface area contributed by atoms with Crippen LogP contribution in [-0.4, -0.2) is 47.2 Å². The summed E-state index contributed by atoms with van der Waals surface area (Å²) in [5.41, 5.74) is 0.713. The van der Waals surface area contributed by atoms with E-state index >= 15 is 0 Å². The molecule has 0 aromatic rings. The lowest BCUT2D eigenvalue weighted by atomic mass is 9.32. The number of fused-ring (bicyclic) bond motifs is 7. The van der Waals surface area contributed by atoms with Crippen molar-refractivity contribution in [2.24, 2.45) is 56.7 Å². The minimum absolute atomic E-state index is 0.0542. The van der Waals surface area contributed by atoms with Crippen molar-refractivity contribution in [3.63, 3.8) is 0 Å². The van der Waals surface area contributed by atoms with E-state index in [1.165, 1.54) is 5.57 Å². The van der Waals surface area contributed by atoms with Crippen molar-refractivity contribution in [2.75, 3.05) is 19.8 Å². The first kappa shape index (κ1) is 27.6. The minimum atomic E-state index is -0.447. The molecule has 0 aromatic heterocycles. The third-order valence-electron chi connectivity index (χ3n) is 13.9. The van der Waals surface area contributed by atoms with Gasteiger partial charge in [0.05, 0.1) is 24.7 Å². The number of hydrogen-bond acceptors (Lipinski definition) is 5. The predicted octanol–water partition coefficient (Wildman–Crippen LogP) is 5.51. The number of aliphatic hydroxyl groups is 3. The molecular formula is C32H52O5. The Morgan fingerprint density at radius 3 is 2.27 bits per heavy atom. The summed E-state index contributed by atoms with van der Waals surface area (Å²) < 4.78 is 5.67. The van der Waals surface area contributed by atoms with Gasteiger partial charge in [0.25, 0.3) is 0 Å². The molecular weight excluding hydrogens is 464 g/mol. The first-order valence-electron chi connectivity index (χ1n) is 15.1. The zero-order valence-corrected chi connectivity index (χ0v) is 24.0. The summed E-state index contributed by atoms with van der Waals surface area (Å²) in [4.78, 5) is 13.6. The maximum atomic E-state index is 13.6. The molecule has 5 aliphatic rings. The van der Waals surface area contributed by atoms with E-state index in [1.54, 1.807) is 0 Å². The average molecular weight is 517 g/mol. The fourth-order valence-corrected chi connectivity index (χ4v) is 11.8. The monoisotopic (exact) mass is 516 g/mol. The van der Waals surface area contributed by atoms with E-state index in [9.17, 15) is 20.1 Å². The Balaban J connectivity index is 1.54. The number of ether oxygens (including phenoxy) is 1. The molecule has 11 atom stereocenters. The van der Waals surface area contributed by atoms with E-state index in [1.807, 2.05) is 0 Å². The van der Waals surface area contributed by atoms with Crippen LogP contribution in [0.25, 0.3) is 0 Å². The molecule has 5 fully saturated rings. The Morgan fingerprint density at radius 2 is 1.62 bits per heavy atom. The van der Waals surface area contributed by atoms with Crippen molar-refractivity contribution in [3.8, 4) is 0 Å². The zero-order valence-electron chi connectivity index (χ0n) is 24.0. The number of aliphatic hydroxyl groups excluding tert-OH is 3. The number of esters is 1. The molecule has 0 aliphatic heterocycles. The third-order valence-corrected chi connectivity index (χ3v) is 13.9. The molecule has 0 bridgehead atoms. The maximum absolute atomic E-state index is 13.6. The molecule has 5 aliphatic carbocycles. The van der Waals surface area contributed by atoms with Crippen LogP contribution in [-0.2, 0) is 9.53 Å². The van der Waals surface area contributed by atoms with E-state index in [0.717, 1.165) is 64.2 Å².